The minimum absolute atomic E-state index is 0.144. The first kappa shape index (κ1) is 9.85. The Morgan fingerprint density at radius 1 is 1.54 bits per heavy atom. The van der Waals surface area contributed by atoms with E-state index in [4.69, 9.17) is 26.3 Å². The Labute approximate surface area is 81.4 Å². The first-order valence-electron chi connectivity index (χ1n) is 3.59. The predicted octanol–water partition coefficient (Wildman–Crippen LogP) is 2.19. The molecule has 0 N–H and O–H groups in total. The van der Waals surface area contributed by atoms with Crippen LogP contribution in [0.4, 0.5) is 0 Å². The zero-order valence-corrected chi connectivity index (χ0v) is 7.84. The SMILES string of the molecule is COCOc1ccc(C#N)cc1Cl. The maximum absolute atomic E-state index is 8.55. The number of halogens is 1. The summed E-state index contributed by atoms with van der Waals surface area (Å²) in [6.07, 6.45) is 0. The fraction of sp³-hybridized carbons (Fsp3) is 0.222. The van der Waals surface area contributed by atoms with E-state index in [0.717, 1.165) is 0 Å². The van der Waals surface area contributed by atoms with E-state index in [1.165, 1.54) is 7.11 Å². The molecule has 0 saturated heterocycles. The number of hydrogen-bond donors (Lipinski definition) is 0. The van der Waals surface area contributed by atoms with E-state index in [9.17, 15) is 0 Å². The van der Waals surface area contributed by atoms with Crippen LogP contribution in [-0.4, -0.2) is 13.9 Å². The van der Waals surface area contributed by atoms with E-state index in [1.807, 2.05) is 6.07 Å². The molecular weight excluding hydrogens is 190 g/mol. The topological polar surface area (TPSA) is 42.2 Å². The lowest BCUT2D eigenvalue weighted by Gasteiger charge is -2.05. The van der Waals surface area contributed by atoms with Gasteiger partial charge in [0.25, 0.3) is 0 Å². The maximum atomic E-state index is 8.55. The Kier molecular flexibility index (Phi) is 3.56. The average Bonchev–Trinajstić information content (AvgIpc) is 2.16. The maximum Gasteiger partial charge on any atom is 0.188 e. The van der Waals surface area contributed by atoms with E-state index < -0.39 is 0 Å². The van der Waals surface area contributed by atoms with Gasteiger partial charge in [0.05, 0.1) is 16.7 Å². The fourth-order valence-electron chi connectivity index (χ4n) is 0.810. The Bertz CT molecular complexity index is 333. The van der Waals surface area contributed by atoms with Gasteiger partial charge in [0.15, 0.2) is 6.79 Å². The molecule has 0 spiro atoms. The third kappa shape index (κ3) is 2.62. The molecule has 0 unspecified atom stereocenters. The largest absolute Gasteiger partial charge is 0.466 e. The summed E-state index contributed by atoms with van der Waals surface area (Å²) in [6.45, 7) is 0.144. The molecule has 0 heterocycles. The van der Waals surface area contributed by atoms with Gasteiger partial charge in [-0.3, -0.25) is 0 Å². The predicted molar refractivity (Wildman–Crippen MR) is 48.7 cm³/mol. The number of nitriles is 1. The van der Waals surface area contributed by atoms with E-state index in [2.05, 4.69) is 0 Å². The fourth-order valence-corrected chi connectivity index (χ4v) is 1.04. The molecule has 1 aromatic carbocycles. The Hall–Kier alpha value is -1.24. The molecule has 13 heavy (non-hydrogen) atoms. The number of rotatable bonds is 3. The Balaban J connectivity index is 2.81. The summed E-state index contributed by atoms with van der Waals surface area (Å²) in [5.41, 5.74) is 0.509. The third-order valence-electron chi connectivity index (χ3n) is 1.39. The average molecular weight is 198 g/mol. The molecule has 4 heteroatoms. The van der Waals surface area contributed by atoms with Crippen molar-refractivity contribution in [2.24, 2.45) is 0 Å². The van der Waals surface area contributed by atoms with Crippen LogP contribution in [-0.2, 0) is 4.74 Å². The van der Waals surface area contributed by atoms with Crippen molar-refractivity contribution in [1.82, 2.24) is 0 Å². The number of benzene rings is 1. The summed E-state index contributed by atoms with van der Waals surface area (Å²) in [6, 6.07) is 6.80. The minimum Gasteiger partial charge on any atom is -0.466 e. The summed E-state index contributed by atoms with van der Waals surface area (Å²) in [5, 5.41) is 8.97. The van der Waals surface area contributed by atoms with Gasteiger partial charge in [0.2, 0.25) is 0 Å². The van der Waals surface area contributed by atoms with Gasteiger partial charge in [-0.25, -0.2) is 0 Å². The minimum atomic E-state index is 0.144. The molecule has 0 radical (unpaired) electrons. The van der Waals surface area contributed by atoms with Crippen LogP contribution in [0.5, 0.6) is 5.75 Å². The van der Waals surface area contributed by atoms with Crippen LogP contribution in [0.25, 0.3) is 0 Å². The molecule has 0 fully saturated rings. The van der Waals surface area contributed by atoms with Crippen molar-refractivity contribution in [1.29, 1.82) is 5.26 Å². The van der Waals surface area contributed by atoms with Gasteiger partial charge in [-0.2, -0.15) is 5.26 Å². The second-order valence-electron chi connectivity index (χ2n) is 2.31. The van der Waals surface area contributed by atoms with Crippen molar-refractivity contribution in [3.8, 4) is 11.8 Å². The van der Waals surface area contributed by atoms with Gasteiger partial charge in [-0.15, -0.1) is 0 Å². The second kappa shape index (κ2) is 4.70. The van der Waals surface area contributed by atoms with Crippen LogP contribution >= 0.6 is 11.6 Å². The van der Waals surface area contributed by atoms with Gasteiger partial charge in [-0.05, 0) is 18.2 Å². The van der Waals surface area contributed by atoms with E-state index in [-0.39, 0.29) is 6.79 Å². The molecule has 0 aromatic heterocycles. The molecule has 1 aromatic rings. The van der Waals surface area contributed by atoms with Gasteiger partial charge >= 0.3 is 0 Å². The molecule has 0 aliphatic heterocycles. The highest BCUT2D eigenvalue weighted by Gasteiger charge is 2.01. The number of ether oxygens (including phenoxy) is 2. The van der Waals surface area contributed by atoms with E-state index in [1.54, 1.807) is 18.2 Å². The number of methoxy groups -OCH3 is 1. The highest BCUT2D eigenvalue weighted by Crippen LogP contribution is 2.24. The summed E-state index contributed by atoms with van der Waals surface area (Å²) >= 11 is 5.81. The zero-order chi connectivity index (χ0) is 9.68. The summed E-state index contributed by atoms with van der Waals surface area (Å²) in [4.78, 5) is 0. The standard InChI is InChI=1S/C9H8ClNO2/c1-12-6-13-9-3-2-7(5-11)4-8(9)10/h2-4H,6H2,1H3. The highest BCUT2D eigenvalue weighted by atomic mass is 35.5. The van der Waals surface area contributed by atoms with E-state index in [0.29, 0.717) is 16.3 Å². The lowest BCUT2D eigenvalue weighted by Crippen LogP contribution is -1.99. The normalized spacial score (nSPS) is 9.31. The van der Waals surface area contributed by atoms with Gasteiger partial charge < -0.3 is 9.47 Å². The molecule has 0 amide bonds. The van der Waals surface area contributed by atoms with Crippen LogP contribution in [0.1, 0.15) is 5.56 Å². The Morgan fingerprint density at radius 3 is 2.85 bits per heavy atom. The quantitative estimate of drug-likeness (QED) is 0.698. The molecule has 0 saturated carbocycles. The van der Waals surface area contributed by atoms with Gasteiger partial charge in [0.1, 0.15) is 5.75 Å². The second-order valence-corrected chi connectivity index (χ2v) is 2.72. The summed E-state index contributed by atoms with van der Waals surface area (Å²) < 4.78 is 9.83. The molecule has 1 rings (SSSR count). The molecule has 0 aliphatic carbocycles. The molecule has 0 bridgehead atoms. The van der Waals surface area contributed by atoms with Crippen molar-refractivity contribution < 1.29 is 9.47 Å². The number of nitrogens with zero attached hydrogens (tertiary/aromatic N) is 1. The molecule has 3 nitrogen and oxygen atoms in total. The van der Waals surface area contributed by atoms with Crippen molar-refractivity contribution >= 4 is 11.6 Å². The summed E-state index contributed by atoms with van der Waals surface area (Å²) in [5.74, 6) is 0.516. The smallest absolute Gasteiger partial charge is 0.188 e. The van der Waals surface area contributed by atoms with E-state index >= 15 is 0 Å². The van der Waals surface area contributed by atoms with Crippen molar-refractivity contribution in [2.45, 2.75) is 0 Å². The first-order chi connectivity index (χ1) is 6.27. The molecule has 0 atom stereocenters. The van der Waals surface area contributed by atoms with Crippen molar-refractivity contribution in [3.63, 3.8) is 0 Å². The monoisotopic (exact) mass is 197 g/mol. The Morgan fingerprint density at radius 2 is 2.31 bits per heavy atom. The van der Waals surface area contributed by atoms with Gasteiger partial charge in [-0.1, -0.05) is 11.6 Å². The molecular formula is C9H8ClNO2. The van der Waals surface area contributed by atoms with Crippen LogP contribution in [0, 0.1) is 11.3 Å². The molecule has 0 aliphatic rings. The lowest BCUT2D eigenvalue weighted by molar-refractivity contribution is 0.0512. The third-order valence-corrected chi connectivity index (χ3v) is 1.69. The first-order valence-corrected chi connectivity index (χ1v) is 3.97. The molecule has 68 valence electrons. The van der Waals surface area contributed by atoms with Crippen molar-refractivity contribution in [2.75, 3.05) is 13.9 Å². The highest BCUT2D eigenvalue weighted by molar-refractivity contribution is 6.32. The van der Waals surface area contributed by atoms with Crippen LogP contribution in [0.15, 0.2) is 18.2 Å². The van der Waals surface area contributed by atoms with Crippen molar-refractivity contribution in [3.05, 3.63) is 28.8 Å². The van der Waals surface area contributed by atoms with Gasteiger partial charge in [0, 0.05) is 7.11 Å². The van der Waals surface area contributed by atoms with Crippen LogP contribution < -0.4 is 4.74 Å². The lowest BCUT2D eigenvalue weighted by atomic mass is 10.2. The van der Waals surface area contributed by atoms with Crippen LogP contribution in [0.3, 0.4) is 0 Å². The summed E-state index contributed by atoms with van der Waals surface area (Å²) in [7, 11) is 1.53. The zero-order valence-electron chi connectivity index (χ0n) is 7.08. The number of hydrogen-bond acceptors (Lipinski definition) is 3. The van der Waals surface area contributed by atoms with Crippen LogP contribution in [0.2, 0.25) is 5.02 Å².